The van der Waals surface area contributed by atoms with Crippen LogP contribution < -0.4 is 10.1 Å². The highest BCUT2D eigenvalue weighted by atomic mass is 16.5. The predicted molar refractivity (Wildman–Crippen MR) is 116 cm³/mol. The summed E-state index contributed by atoms with van der Waals surface area (Å²) in [6.45, 7) is 2.36. The summed E-state index contributed by atoms with van der Waals surface area (Å²) in [5.41, 5.74) is 3.97. The lowest BCUT2D eigenvalue weighted by molar-refractivity contribution is 0.0594. The first-order valence-corrected chi connectivity index (χ1v) is 10.1. The Morgan fingerprint density at radius 1 is 1.23 bits per heavy atom. The molecule has 1 aliphatic rings. The molecule has 156 valence electrons. The number of aromatic nitrogens is 2. The van der Waals surface area contributed by atoms with E-state index < -0.39 is 5.97 Å². The highest BCUT2D eigenvalue weighted by Crippen LogP contribution is 2.40. The number of methoxy groups -OCH3 is 1. The number of ether oxygens (including phenoxy) is 2. The van der Waals surface area contributed by atoms with Crippen LogP contribution in [-0.2, 0) is 4.74 Å². The van der Waals surface area contributed by atoms with E-state index in [1.54, 1.807) is 18.3 Å². The third kappa shape index (κ3) is 4.33. The number of carbonyl (C=O) groups is 1. The Balaban J connectivity index is 1.74. The summed E-state index contributed by atoms with van der Waals surface area (Å²) in [5, 5.41) is 12.3. The van der Waals surface area contributed by atoms with E-state index in [-0.39, 0.29) is 5.69 Å². The summed E-state index contributed by atoms with van der Waals surface area (Å²) in [7, 11) is 1.33. The molecule has 7 heteroatoms. The van der Waals surface area contributed by atoms with Gasteiger partial charge in [-0.3, -0.25) is 0 Å². The van der Waals surface area contributed by atoms with Gasteiger partial charge in [-0.2, -0.15) is 5.26 Å². The van der Waals surface area contributed by atoms with Gasteiger partial charge in [0, 0.05) is 11.5 Å². The van der Waals surface area contributed by atoms with Crippen LogP contribution in [0.3, 0.4) is 0 Å². The molecule has 0 unspecified atom stereocenters. The molecule has 4 rings (SSSR count). The van der Waals surface area contributed by atoms with E-state index in [0.29, 0.717) is 35.3 Å². The number of nitriles is 1. The molecule has 0 saturated heterocycles. The lowest BCUT2D eigenvalue weighted by Crippen LogP contribution is -2.12. The zero-order chi connectivity index (χ0) is 21.8. The van der Waals surface area contributed by atoms with Crippen molar-refractivity contribution in [2.45, 2.75) is 25.7 Å². The van der Waals surface area contributed by atoms with E-state index in [1.807, 2.05) is 37.3 Å². The summed E-state index contributed by atoms with van der Waals surface area (Å²) in [4.78, 5) is 21.3. The lowest BCUT2D eigenvalue weighted by Gasteiger charge is -2.17. The van der Waals surface area contributed by atoms with Crippen molar-refractivity contribution >= 4 is 17.5 Å². The van der Waals surface area contributed by atoms with Crippen LogP contribution in [0.5, 0.6) is 5.75 Å². The van der Waals surface area contributed by atoms with Crippen LogP contribution in [0.1, 0.15) is 47.4 Å². The van der Waals surface area contributed by atoms with Gasteiger partial charge in [-0.15, -0.1) is 0 Å². The Labute approximate surface area is 180 Å². The Hall–Kier alpha value is -3.92. The zero-order valence-electron chi connectivity index (χ0n) is 17.4. The van der Waals surface area contributed by atoms with Gasteiger partial charge in [-0.25, -0.2) is 14.8 Å². The average molecular weight is 414 g/mol. The molecule has 0 atom stereocenters. The fourth-order valence-electron chi connectivity index (χ4n) is 3.32. The molecule has 1 saturated carbocycles. The summed E-state index contributed by atoms with van der Waals surface area (Å²) in [6, 6.07) is 15.1. The van der Waals surface area contributed by atoms with Gasteiger partial charge in [0.25, 0.3) is 0 Å². The average Bonchev–Trinajstić information content (AvgIpc) is 3.65. The molecule has 0 aliphatic heterocycles. The summed E-state index contributed by atoms with van der Waals surface area (Å²) < 4.78 is 10.9. The zero-order valence-corrected chi connectivity index (χ0v) is 17.4. The Morgan fingerprint density at radius 2 is 2.00 bits per heavy atom. The first-order chi connectivity index (χ1) is 15.1. The van der Waals surface area contributed by atoms with Gasteiger partial charge in [0.1, 0.15) is 0 Å². The molecule has 1 N–H and O–H groups in total. The molecule has 2 aromatic carbocycles. The van der Waals surface area contributed by atoms with E-state index in [0.717, 1.165) is 29.7 Å². The molecule has 0 spiro atoms. The number of nitrogens with one attached hydrogen (secondary N) is 1. The number of hydrogen-bond acceptors (Lipinski definition) is 7. The second-order valence-electron chi connectivity index (χ2n) is 7.19. The van der Waals surface area contributed by atoms with E-state index >= 15 is 0 Å². The molecular weight excluding hydrogens is 392 g/mol. The second-order valence-corrected chi connectivity index (χ2v) is 7.19. The van der Waals surface area contributed by atoms with E-state index in [9.17, 15) is 4.79 Å². The van der Waals surface area contributed by atoms with Crippen LogP contribution in [0.15, 0.2) is 48.7 Å². The van der Waals surface area contributed by atoms with E-state index in [1.165, 1.54) is 7.11 Å². The minimum atomic E-state index is -0.543. The van der Waals surface area contributed by atoms with Crippen LogP contribution in [0.25, 0.3) is 11.1 Å². The minimum absolute atomic E-state index is 0.151. The van der Waals surface area contributed by atoms with E-state index in [2.05, 4.69) is 21.4 Å². The van der Waals surface area contributed by atoms with Gasteiger partial charge in [0.2, 0.25) is 0 Å². The Bertz CT molecular complexity index is 1150. The first kappa shape index (κ1) is 20.4. The lowest BCUT2D eigenvalue weighted by atomic mass is 10.0. The Morgan fingerprint density at radius 3 is 2.65 bits per heavy atom. The smallest absolute Gasteiger partial charge is 0.360 e. The van der Waals surface area contributed by atoms with Crippen molar-refractivity contribution < 1.29 is 14.3 Å². The molecule has 1 fully saturated rings. The minimum Gasteiger partial charge on any atom is -0.491 e. The van der Waals surface area contributed by atoms with Gasteiger partial charge in [0.05, 0.1) is 42.9 Å². The fourth-order valence-corrected chi connectivity index (χ4v) is 3.32. The summed E-state index contributed by atoms with van der Waals surface area (Å²) >= 11 is 0. The molecule has 1 aromatic heterocycles. The highest BCUT2D eigenvalue weighted by molar-refractivity contribution is 5.94. The monoisotopic (exact) mass is 414 g/mol. The number of rotatable bonds is 7. The van der Waals surface area contributed by atoms with Gasteiger partial charge in [-0.1, -0.05) is 24.3 Å². The SMILES string of the molecule is CCOc1c(Nc2ncc(C3CC3)nc2C(=O)OC)cccc1-c1ccc(C#N)cc1. The summed E-state index contributed by atoms with van der Waals surface area (Å²) in [5.74, 6) is 0.759. The molecule has 0 amide bonds. The maximum absolute atomic E-state index is 12.4. The molecule has 1 aliphatic carbocycles. The van der Waals surface area contributed by atoms with E-state index in [4.69, 9.17) is 14.7 Å². The predicted octanol–water partition coefficient (Wildman–Crippen LogP) is 4.82. The molecular formula is C24H22N4O3. The second kappa shape index (κ2) is 8.84. The van der Waals surface area contributed by atoms with Crippen LogP contribution in [0.2, 0.25) is 0 Å². The van der Waals surface area contributed by atoms with Crippen molar-refractivity contribution in [2.24, 2.45) is 0 Å². The van der Waals surface area contributed by atoms with Gasteiger partial charge in [0.15, 0.2) is 17.3 Å². The van der Waals surface area contributed by atoms with Crippen molar-refractivity contribution in [3.63, 3.8) is 0 Å². The molecule has 31 heavy (non-hydrogen) atoms. The maximum atomic E-state index is 12.4. The molecule has 0 bridgehead atoms. The normalized spacial score (nSPS) is 12.7. The van der Waals surface area contributed by atoms with Crippen molar-refractivity contribution in [1.82, 2.24) is 9.97 Å². The standard InChI is InChI=1S/C24H22N4O3/c1-3-31-22-18(16-9-7-15(13-25)8-10-16)5-4-6-19(22)28-23-21(24(29)30-2)27-20(14-26-23)17-11-12-17/h4-10,14,17H,3,11-12H2,1-2H3,(H,26,28). The Kier molecular flexibility index (Phi) is 5.80. The number of nitrogens with zero attached hydrogens (tertiary/aromatic N) is 3. The number of esters is 1. The van der Waals surface area contributed by atoms with Crippen molar-refractivity contribution in [1.29, 1.82) is 5.26 Å². The number of hydrogen-bond donors (Lipinski definition) is 1. The van der Waals surface area contributed by atoms with Crippen LogP contribution in [0, 0.1) is 11.3 Å². The summed E-state index contributed by atoms with van der Waals surface area (Å²) in [6.07, 6.45) is 3.82. The number of benzene rings is 2. The topological polar surface area (TPSA) is 97.1 Å². The van der Waals surface area contributed by atoms with Gasteiger partial charge < -0.3 is 14.8 Å². The molecule has 7 nitrogen and oxygen atoms in total. The number of anilines is 2. The van der Waals surface area contributed by atoms with Gasteiger partial charge in [-0.05, 0) is 43.5 Å². The largest absolute Gasteiger partial charge is 0.491 e. The highest BCUT2D eigenvalue weighted by Gasteiger charge is 2.28. The molecule has 3 aromatic rings. The quantitative estimate of drug-likeness (QED) is 0.554. The van der Waals surface area contributed by atoms with Crippen LogP contribution >= 0.6 is 0 Å². The number of carbonyl (C=O) groups excluding carboxylic acids is 1. The van der Waals surface area contributed by atoms with Crippen LogP contribution in [-0.4, -0.2) is 29.7 Å². The van der Waals surface area contributed by atoms with Crippen molar-refractivity contribution in [3.8, 4) is 22.9 Å². The third-order valence-electron chi connectivity index (χ3n) is 5.05. The third-order valence-corrected chi connectivity index (χ3v) is 5.05. The fraction of sp³-hybridized carbons (Fsp3) is 0.250. The molecule has 0 radical (unpaired) electrons. The van der Waals surface area contributed by atoms with Crippen LogP contribution in [0.4, 0.5) is 11.5 Å². The first-order valence-electron chi connectivity index (χ1n) is 10.1. The molecule has 1 heterocycles. The van der Waals surface area contributed by atoms with Gasteiger partial charge >= 0.3 is 5.97 Å². The van der Waals surface area contributed by atoms with Crippen molar-refractivity contribution in [2.75, 3.05) is 19.0 Å². The maximum Gasteiger partial charge on any atom is 0.360 e. The van der Waals surface area contributed by atoms with Crippen molar-refractivity contribution in [3.05, 3.63) is 65.6 Å². The number of para-hydroxylation sites is 1.